The summed E-state index contributed by atoms with van der Waals surface area (Å²) in [7, 11) is 1.10. The number of allylic oxidation sites excluding steroid dienone is 12. The number of likely N-dealkylation sites (N-methyl/N-ethyl adjacent to an activating group) is 1. The van der Waals surface area contributed by atoms with Gasteiger partial charge in [0.2, 0.25) is 0 Å². The number of ether oxygens (including phenoxy) is 2. The Labute approximate surface area is 304 Å². The van der Waals surface area contributed by atoms with Crippen LogP contribution in [0.15, 0.2) is 72.9 Å². The Kier molecular flexibility index (Phi) is 30.7. The van der Waals surface area contributed by atoms with Crippen molar-refractivity contribution in [2.24, 2.45) is 0 Å². The van der Waals surface area contributed by atoms with Gasteiger partial charge < -0.3 is 27.9 Å². The van der Waals surface area contributed by atoms with Crippen LogP contribution in [0.25, 0.3) is 0 Å². The summed E-state index contributed by atoms with van der Waals surface area (Å²) in [6.45, 7) is 3.90. The smallest absolute Gasteiger partial charge is 0.306 e. The second kappa shape index (κ2) is 32.4. The maximum atomic E-state index is 12.5. The van der Waals surface area contributed by atoms with Gasteiger partial charge in [0.25, 0.3) is 7.82 Å². The zero-order valence-corrected chi connectivity index (χ0v) is 32.7. The lowest BCUT2D eigenvalue weighted by atomic mass is 10.1. The molecule has 2 atom stereocenters. The molecule has 286 valence electrons. The van der Waals surface area contributed by atoms with Gasteiger partial charge in [-0.25, -0.2) is 0 Å². The predicted octanol–water partition coefficient (Wildman–Crippen LogP) is 9.27. The molecule has 50 heavy (non-hydrogen) atoms. The van der Waals surface area contributed by atoms with Gasteiger partial charge in [-0.15, -0.1) is 0 Å². The molecule has 0 aliphatic carbocycles. The minimum absolute atomic E-state index is 0.0496. The minimum Gasteiger partial charge on any atom is -0.756 e. The molecule has 0 spiro atoms. The minimum atomic E-state index is -4.64. The predicted molar refractivity (Wildman–Crippen MR) is 203 cm³/mol. The zero-order valence-electron chi connectivity index (χ0n) is 31.8. The van der Waals surface area contributed by atoms with Crippen LogP contribution in [0, 0.1) is 0 Å². The fourth-order valence-corrected chi connectivity index (χ4v) is 5.02. The number of rotatable bonds is 32. The summed E-state index contributed by atoms with van der Waals surface area (Å²) < 4.78 is 33.6. The summed E-state index contributed by atoms with van der Waals surface area (Å²) in [5.41, 5.74) is 0. The van der Waals surface area contributed by atoms with E-state index in [0.717, 1.165) is 70.6 Å². The first-order valence-electron chi connectivity index (χ1n) is 18.6. The molecular weight excluding hydrogens is 653 g/mol. The summed E-state index contributed by atoms with van der Waals surface area (Å²) in [5, 5.41) is 0. The summed E-state index contributed by atoms with van der Waals surface area (Å²) in [4.78, 5) is 37.3. The van der Waals surface area contributed by atoms with Crippen molar-refractivity contribution >= 4 is 19.8 Å². The Balaban J connectivity index is 4.61. The lowest BCUT2D eigenvalue weighted by molar-refractivity contribution is -0.870. The number of phosphoric acid groups is 1. The van der Waals surface area contributed by atoms with Gasteiger partial charge >= 0.3 is 11.9 Å². The van der Waals surface area contributed by atoms with E-state index in [1.54, 1.807) is 0 Å². The van der Waals surface area contributed by atoms with E-state index in [4.69, 9.17) is 18.5 Å². The highest BCUT2D eigenvalue weighted by molar-refractivity contribution is 7.45. The van der Waals surface area contributed by atoms with Crippen LogP contribution in [-0.2, 0) is 32.7 Å². The van der Waals surface area contributed by atoms with E-state index in [1.807, 2.05) is 33.3 Å². The standard InChI is InChI=1S/C40H68NO8P/c1-6-8-10-12-14-16-18-20-22-24-26-28-30-32-39(42)46-36-38(37-48-50(44,45)47-35-34-41(3,4)5)49-40(43)33-31-29-27-25-23-21-19-17-15-13-11-9-7-2/h9-12,15-18,21,23,27,29,38H,6-8,13-14,19-20,22,24-26,28,30-37H2,1-5H3/b11-9-,12-10-,17-15-,18-16-,23-21-,29-27-. The molecule has 10 heteroatoms. The van der Waals surface area contributed by atoms with E-state index >= 15 is 0 Å². The molecule has 0 radical (unpaired) electrons. The molecule has 0 aromatic rings. The Bertz CT molecular complexity index is 1090. The number of carbonyl (C=O) groups is 2. The van der Waals surface area contributed by atoms with Crippen molar-refractivity contribution in [2.75, 3.05) is 47.5 Å². The van der Waals surface area contributed by atoms with Crippen LogP contribution in [0.1, 0.15) is 117 Å². The number of unbranched alkanes of at least 4 members (excludes halogenated alkanes) is 6. The first-order chi connectivity index (χ1) is 24.0. The fourth-order valence-electron chi connectivity index (χ4n) is 4.29. The number of quaternary nitrogens is 1. The van der Waals surface area contributed by atoms with Gasteiger partial charge in [-0.05, 0) is 64.2 Å². The maximum Gasteiger partial charge on any atom is 0.306 e. The van der Waals surface area contributed by atoms with Crippen molar-refractivity contribution in [1.82, 2.24) is 0 Å². The van der Waals surface area contributed by atoms with E-state index in [0.29, 0.717) is 23.9 Å². The SMILES string of the molecule is CC/C=C\C/C=C\C/C=C\C/C=C\CCC(=O)OC(COC(=O)CCCCCCC/C=C\C/C=C\CCC)COP(=O)([O-])OCC[N+](C)(C)C. The van der Waals surface area contributed by atoms with Crippen LogP contribution in [0.2, 0.25) is 0 Å². The van der Waals surface area contributed by atoms with E-state index in [9.17, 15) is 19.0 Å². The maximum absolute atomic E-state index is 12.5. The summed E-state index contributed by atoms with van der Waals surface area (Å²) >= 11 is 0. The van der Waals surface area contributed by atoms with Gasteiger partial charge in [-0.3, -0.25) is 14.2 Å². The van der Waals surface area contributed by atoms with Crippen molar-refractivity contribution in [3.8, 4) is 0 Å². The van der Waals surface area contributed by atoms with E-state index in [-0.39, 0.29) is 26.1 Å². The quantitative estimate of drug-likeness (QED) is 0.0222. The largest absolute Gasteiger partial charge is 0.756 e. The normalized spacial score (nSPS) is 14.6. The highest BCUT2D eigenvalue weighted by atomic mass is 31.2. The molecule has 0 amide bonds. The average molecular weight is 722 g/mol. The number of phosphoric ester groups is 1. The fraction of sp³-hybridized carbons (Fsp3) is 0.650. The van der Waals surface area contributed by atoms with Gasteiger partial charge in [-0.1, -0.05) is 112 Å². The highest BCUT2D eigenvalue weighted by Crippen LogP contribution is 2.38. The van der Waals surface area contributed by atoms with Gasteiger partial charge in [-0.2, -0.15) is 0 Å². The zero-order chi connectivity index (χ0) is 37.2. The molecule has 0 fully saturated rings. The monoisotopic (exact) mass is 721 g/mol. The summed E-state index contributed by atoms with van der Waals surface area (Å²) in [5.74, 6) is -0.957. The first kappa shape index (κ1) is 47.4. The van der Waals surface area contributed by atoms with Crippen LogP contribution in [0.3, 0.4) is 0 Å². The van der Waals surface area contributed by atoms with Crippen molar-refractivity contribution in [2.45, 2.75) is 123 Å². The van der Waals surface area contributed by atoms with Crippen LogP contribution in [0.5, 0.6) is 0 Å². The molecule has 0 aromatic heterocycles. The summed E-state index contributed by atoms with van der Waals surface area (Å²) in [6, 6.07) is 0. The van der Waals surface area contributed by atoms with Crippen molar-refractivity contribution in [3.05, 3.63) is 72.9 Å². The van der Waals surface area contributed by atoms with Crippen LogP contribution < -0.4 is 4.89 Å². The number of hydrogen-bond donors (Lipinski definition) is 0. The molecule has 0 aliphatic heterocycles. The molecular formula is C40H68NO8P. The Morgan fingerprint density at radius 3 is 1.78 bits per heavy atom. The molecule has 0 rings (SSSR count). The number of hydrogen-bond acceptors (Lipinski definition) is 8. The Morgan fingerprint density at radius 2 is 1.18 bits per heavy atom. The molecule has 0 saturated carbocycles. The third-order valence-corrected chi connectivity index (χ3v) is 8.17. The summed E-state index contributed by atoms with van der Waals surface area (Å²) in [6.07, 6.45) is 38.1. The molecule has 0 bridgehead atoms. The topological polar surface area (TPSA) is 111 Å². The Morgan fingerprint density at radius 1 is 0.640 bits per heavy atom. The highest BCUT2D eigenvalue weighted by Gasteiger charge is 2.21. The lowest BCUT2D eigenvalue weighted by Crippen LogP contribution is -2.37. The molecule has 0 aromatic carbocycles. The second-order valence-electron chi connectivity index (χ2n) is 13.2. The number of esters is 2. The first-order valence-corrected chi connectivity index (χ1v) is 20.1. The molecule has 0 aliphatic rings. The molecule has 0 N–H and O–H groups in total. The number of nitrogens with zero attached hydrogens (tertiary/aromatic N) is 1. The average Bonchev–Trinajstić information content (AvgIpc) is 3.06. The lowest BCUT2D eigenvalue weighted by Gasteiger charge is -2.28. The van der Waals surface area contributed by atoms with Crippen LogP contribution in [-0.4, -0.2) is 70.0 Å². The van der Waals surface area contributed by atoms with E-state index in [1.165, 1.54) is 6.42 Å². The van der Waals surface area contributed by atoms with Gasteiger partial charge in [0.15, 0.2) is 6.10 Å². The molecule has 0 saturated heterocycles. The van der Waals surface area contributed by atoms with Gasteiger partial charge in [0, 0.05) is 12.8 Å². The molecule has 2 unspecified atom stereocenters. The van der Waals surface area contributed by atoms with E-state index < -0.39 is 32.5 Å². The van der Waals surface area contributed by atoms with Gasteiger partial charge in [0.05, 0.1) is 27.7 Å². The number of carbonyl (C=O) groups excluding carboxylic acids is 2. The van der Waals surface area contributed by atoms with E-state index in [2.05, 4.69) is 74.6 Å². The third-order valence-electron chi connectivity index (χ3n) is 7.20. The van der Waals surface area contributed by atoms with Crippen molar-refractivity contribution in [1.29, 1.82) is 0 Å². The molecule has 0 heterocycles. The van der Waals surface area contributed by atoms with Crippen LogP contribution in [0.4, 0.5) is 0 Å². The Hall–Kier alpha value is -2.55. The molecule has 9 nitrogen and oxygen atoms in total. The van der Waals surface area contributed by atoms with Crippen molar-refractivity contribution in [3.63, 3.8) is 0 Å². The van der Waals surface area contributed by atoms with Gasteiger partial charge in [0.1, 0.15) is 19.8 Å². The van der Waals surface area contributed by atoms with Crippen molar-refractivity contribution < 1.29 is 42.1 Å². The third kappa shape index (κ3) is 35.3. The van der Waals surface area contributed by atoms with Crippen LogP contribution >= 0.6 is 7.82 Å². The second-order valence-corrected chi connectivity index (χ2v) is 14.6.